The van der Waals surface area contributed by atoms with Crippen molar-refractivity contribution >= 4 is 10.9 Å². The topological polar surface area (TPSA) is 30.9 Å². The molecule has 2 N–H and O–H groups in total. The molecule has 0 saturated heterocycles. The van der Waals surface area contributed by atoms with E-state index in [9.17, 15) is 0 Å². The van der Waals surface area contributed by atoms with Crippen LogP contribution in [0, 0.1) is 5.41 Å². The molecule has 1 aromatic heterocycles. The Morgan fingerprint density at radius 2 is 1.94 bits per heavy atom. The van der Waals surface area contributed by atoms with E-state index in [1.807, 2.05) is 0 Å². The summed E-state index contributed by atoms with van der Waals surface area (Å²) in [4.78, 5) is 0. The predicted octanol–water partition coefficient (Wildman–Crippen LogP) is 2.63. The van der Waals surface area contributed by atoms with E-state index in [1.54, 1.807) is 0 Å². The third-order valence-electron chi connectivity index (χ3n) is 4.17. The first-order chi connectivity index (χ1) is 7.53. The number of aryl methyl sites for hydroxylation is 1. The molecule has 1 aliphatic rings. The molecule has 0 spiro atoms. The maximum Gasteiger partial charge on any atom is 0.0513 e. The largest absolute Gasteiger partial charge is 0.350 e. The summed E-state index contributed by atoms with van der Waals surface area (Å²) in [7, 11) is 2.10. The summed E-state index contributed by atoms with van der Waals surface area (Å²) in [6.45, 7) is 4.51. The van der Waals surface area contributed by atoms with Crippen molar-refractivity contribution in [2.24, 2.45) is 18.2 Å². The number of nitrogens with two attached hydrogens (primary N) is 1. The Kier molecular flexibility index (Phi) is 1.79. The zero-order valence-corrected chi connectivity index (χ0v) is 10.1. The summed E-state index contributed by atoms with van der Waals surface area (Å²) in [6.07, 6.45) is 2.12. The summed E-state index contributed by atoms with van der Waals surface area (Å²) in [5.74, 6) is 0.504. The van der Waals surface area contributed by atoms with Crippen molar-refractivity contribution in [1.29, 1.82) is 0 Å². The van der Waals surface area contributed by atoms with Crippen molar-refractivity contribution in [3.05, 3.63) is 36.0 Å². The van der Waals surface area contributed by atoms with Gasteiger partial charge in [-0.25, -0.2) is 0 Å². The van der Waals surface area contributed by atoms with Crippen LogP contribution in [0.1, 0.15) is 25.3 Å². The average molecular weight is 214 g/mol. The summed E-state index contributed by atoms with van der Waals surface area (Å²) >= 11 is 0. The van der Waals surface area contributed by atoms with Gasteiger partial charge in [-0.05, 0) is 22.4 Å². The van der Waals surface area contributed by atoms with Gasteiger partial charge in [-0.3, -0.25) is 0 Å². The molecule has 0 aliphatic heterocycles. The van der Waals surface area contributed by atoms with Crippen LogP contribution in [0.4, 0.5) is 0 Å². The van der Waals surface area contributed by atoms with Crippen molar-refractivity contribution in [2.75, 3.05) is 0 Å². The molecular weight excluding hydrogens is 196 g/mol. The van der Waals surface area contributed by atoms with E-state index < -0.39 is 0 Å². The lowest BCUT2D eigenvalue weighted by Crippen LogP contribution is -2.06. The molecule has 2 unspecified atom stereocenters. The van der Waals surface area contributed by atoms with Crippen molar-refractivity contribution in [1.82, 2.24) is 4.57 Å². The number of hydrogen-bond donors (Lipinski definition) is 1. The standard InChI is InChI=1S/C14H18N2/c1-14(2)11(13(14)15)10-6-4-5-9-7-8-16(3)12(9)10/h4-8,11,13H,15H2,1-3H3. The van der Waals surface area contributed by atoms with Crippen molar-refractivity contribution < 1.29 is 0 Å². The van der Waals surface area contributed by atoms with Crippen LogP contribution < -0.4 is 5.73 Å². The fraction of sp³-hybridized carbons (Fsp3) is 0.429. The van der Waals surface area contributed by atoms with Crippen molar-refractivity contribution in [3.8, 4) is 0 Å². The lowest BCUT2D eigenvalue weighted by molar-refractivity contribution is 0.599. The number of fused-ring (bicyclic) bond motifs is 1. The van der Waals surface area contributed by atoms with Crippen molar-refractivity contribution in [3.63, 3.8) is 0 Å². The molecule has 2 nitrogen and oxygen atoms in total. The highest BCUT2D eigenvalue weighted by Crippen LogP contribution is 2.58. The SMILES string of the molecule is Cn1ccc2cccc(C3C(N)C3(C)C)c21. The molecule has 0 radical (unpaired) electrons. The highest BCUT2D eigenvalue weighted by molar-refractivity contribution is 5.84. The minimum absolute atomic E-state index is 0.249. The quantitative estimate of drug-likeness (QED) is 0.777. The van der Waals surface area contributed by atoms with Gasteiger partial charge >= 0.3 is 0 Å². The summed E-state index contributed by atoms with van der Waals surface area (Å²) < 4.78 is 2.20. The monoisotopic (exact) mass is 214 g/mol. The van der Waals surface area contributed by atoms with E-state index in [-0.39, 0.29) is 5.41 Å². The van der Waals surface area contributed by atoms with Crippen LogP contribution in [0.15, 0.2) is 30.5 Å². The van der Waals surface area contributed by atoms with E-state index in [0.29, 0.717) is 12.0 Å². The number of para-hydroxylation sites is 1. The maximum absolute atomic E-state index is 6.18. The van der Waals surface area contributed by atoms with Crippen LogP contribution in [0.25, 0.3) is 10.9 Å². The van der Waals surface area contributed by atoms with Gasteiger partial charge in [0.1, 0.15) is 0 Å². The molecule has 3 rings (SSSR count). The Balaban J connectivity index is 2.22. The molecule has 2 atom stereocenters. The first-order valence-electron chi connectivity index (χ1n) is 5.83. The van der Waals surface area contributed by atoms with Gasteiger partial charge in [0.15, 0.2) is 0 Å². The van der Waals surface area contributed by atoms with Gasteiger partial charge < -0.3 is 10.3 Å². The molecule has 1 saturated carbocycles. The second kappa shape index (κ2) is 2.89. The van der Waals surface area contributed by atoms with E-state index in [1.165, 1.54) is 16.5 Å². The molecule has 84 valence electrons. The lowest BCUT2D eigenvalue weighted by Gasteiger charge is -2.07. The minimum atomic E-state index is 0.249. The normalized spacial score (nSPS) is 27.2. The van der Waals surface area contributed by atoms with Crippen LogP contribution in [0.3, 0.4) is 0 Å². The Morgan fingerprint density at radius 3 is 2.56 bits per heavy atom. The number of rotatable bonds is 1. The average Bonchev–Trinajstić information content (AvgIpc) is 2.60. The van der Waals surface area contributed by atoms with Gasteiger partial charge in [-0.15, -0.1) is 0 Å². The zero-order valence-electron chi connectivity index (χ0n) is 10.1. The fourth-order valence-electron chi connectivity index (χ4n) is 2.91. The second-order valence-corrected chi connectivity index (χ2v) is 5.54. The second-order valence-electron chi connectivity index (χ2n) is 5.54. The van der Waals surface area contributed by atoms with Crippen LogP contribution in [0.5, 0.6) is 0 Å². The van der Waals surface area contributed by atoms with Gasteiger partial charge in [0.2, 0.25) is 0 Å². The number of benzene rings is 1. The summed E-state index contributed by atoms with van der Waals surface area (Å²) in [6, 6.07) is 8.99. The van der Waals surface area contributed by atoms with Crippen molar-refractivity contribution in [2.45, 2.75) is 25.8 Å². The van der Waals surface area contributed by atoms with E-state index in [0.717, 1.165) is 0 Å². The lowest BCUT2D eigenvalue weighted by atomic mass is 10.0. The Hall–Kier alpha value is -1.28. The highest BCUT2D eigenvalue weighted by Gasteiger charge is 2.56. The molecule has 1 fully saturated rings. The van der Waals surface area contributed by atoms with Crippen LogP contribution in [-0.4, -0.2) is 10.6 Å². The fourth-order valence-corrected chi connectivity index (χ4v) is 2.91. The third-order valence-corrected chi connectivity index (χ3v) is 4.17. The number of aromatic nitrogens is 1. The van der Waals surface area contributed by atoms with Gasteiger partial charge in [-0.2, -0.15) is 0 Å². The molecule has 16 heavy (non-hydrogen) atoms. The molecule has 0 bridgehead atoms. The molecule has 1 aliphatic carbocycles. The van der Waals surface area contributed by atoms with Gasteiger partial charge in [0.25, 0.3) is 0 Å². The molecular formula is C14H18N2. The van der Waals surface area contributed by atoms with E-state index >= 15 is 0 Å². The zero-order chi connectivity index (χ0) is 11.5. The smallest absolute Gasteiger partial charge is 0.0513 e. The number of hydrogen-bond acceptors (Lipinski definition) is 1. The minimum Gasteiger partial charge on any atom is -0.350 e. The third kappa shape index (κ3) is 1.11. The van der Waals surface area contributed by atoms with Gasteiger partial charge in [0.05, 0.1) is 5.52 Å². The maximum atomic E-state index is 6.18. The van der Waals surface area contributed by atoms with E-state index in [4.69, 9.17) is 5.73 Å². The molecule has 1 heterocycles. The van der Waals surface area contributed by atoms with Gasteiger partial charge in [-0.1, -0.05) is 32.0 Å². The van der Waals surface area contributed by atoms with Crippen LogP contribution in [0.2, 0.25) is 0 Å². The molecule has 0 amide bonds. The Bertz CT molecular complexity index is 551. The number of nitrogens with zero attached hydrogens (tertiary/aromatic N) is 1. The van der Waals surface area contributed by atoms with Crippen LogP contribution >= 0.6 is 0 Å². The Labute approximate surface area is 96.1 Å². The Morgan fingerprint density at radius 1 is 1.25 bits per heavy atom. The van der Waals surface area contributed by atoms with E-state index in [2.05, 4.69) is 55.9 Å². The molecule has 1 aromatic carbocycles. The summed E-state index contributed by atoms with van der Waals surface area (Å²) in [5.41, 5.74) is 9.17. The molecule has 2 aromatic rings. The first-order valence-corrected chi connectivity index (χ1v) is 5.83. The first kappa shape index (κ1) is 9.91. The predicted molar refractivity (Wildman–Crippen MR) is 67.4 cm³/mol. The molecule has 2 heteroatoms. The summed E-state index contributed by atoms with van der Waals surface area (Å²) in [5, 5.41) is 1.31. The van der Waals surface area contributed by atoms with Gasteiger partial charge in [0, 0.05) is 25.2 Å². The van der Waals surface area contributed by atoms with Crippen LogP contribution in [-0.2, 0) is 7.05 Å². The highest BCUT2D eigenvalue weighted by atomic mass is 14.9.